The third kappa shape index (κ3) is 2.67. The molecule has 9 heavy (non-hydrogen) atoms. The highest BCUT2D eigenvalue weighted by Gasteiger charge is 2.37. The number of alkyl halides is 3. The van der Waals surface area contributed by atoms with Crippen LogP contribution >= 0.6 is 0 Å². The maximum absolute atomic E-state index is 11.5. The van der Waals surface area contributed by atoms with E-state index in [2.05, 4.69) is 5.73 Å². The summed E-state index contributed by atoms with van der Waals surface area (Å²) in [5, 5.41) is 8.06. The molecule has 0 aromatic heterocycles. The predicted molar refractivity (Wildman–Crippen MR) is 25.7 cm³/mol. The zero-order chi connectivity index (χ0) is 7.49. The van der Waals surface area contributed by atoms with E-state index in [1.54, 1.807) is 0 Å². The smallest absolute Gasteiger partial charge is 0.395 e. The minimum absolute atomic E-state index is 0.556. The number of aliphatic hydroxyl groups is 1. The molecule has 0 rings (SSSR count). The molecule has 0 aliphatic heterocycles. The normalized spacial score (nSPS) is 15.7. The van der Waals surface area contributed by atoms with Crippen molar-refractivity contribution in [1.29, 1.82) is 0 Å². The maximum atomic E-state index is 11.5. The molecule has 56 valence electrons. The molecular formula is C4H8F3NO. The molecule has 0 aromatic carbocycles. The van der Waals surface area contributed by atoms with Gasteiger partial charge in [-0.15, -0.1) is 0 Å². The largest absolute Gasteiger partial charge is 0.396 e. The van der Waals surface area contributed by atoms with Crippen molar-refractivity contribution in [3.63, 3.8) is 0 Å². The van der Waals surface area contributed by atoms with Crippen LogP contribution in [0.25, 0.3) is 0 Å². The Morgan fingerprint density at radius 3 is 1.89 bits per heavy atom. The molecule has 0 saturated heterocycles. The van der Waals surface area contributed by atoms with Crippen LogP contribution in [0.3, 0.4) is 0 Å². The summed E-state index contributed by atoms with van der Waals surface area (Å²) < 4.78 is 34.4. The molecule has 0 heterocycles. The minimum Gasteiger partial charge on any atom is -0.396 e. The summed E-state index contributed by atoms with van der Waals surface area (Å²) in [7, 11) is 0. The van der Waals surface area contributed by atoms with Gasteiger partial charge in [-0.25, -0.2) is 0 Å². The molecule has 0 aromatic rings. The number of rotatable bonds is 2. The van der Waals surface area contributed by atoms with Crippen molar-refractivity contribution in [3.05, 3.63) is 0 Å². The van der Waals surface area contributed by atoms with Crippen molar-refractivity contribution >= 4 is 0 Å². The first-order chi connectivity index (χ1) is 4.02. The molecule has 2 nitrogen and oxygen atoms in total. The van der Waals surface area contributed by atoms with Crippen molar-refractivity contribution in [1.82, 2.24) is 0 Å². The first-order valence-corrected chi connectivity index (χ1v) is 2.40. The zero-order valence-corrected chi connectivity index (χ0v) is 4.65. The number of aliphatic hydroxyl groups excluding tert-OH is 1. The first-order valence-electron chi connectivity index (χ1n) is 2.40. The van der Waals surface area contributed by atoms with E-state index < -0.39 is 25.2 Å². The fourth-order valence-electron chi connectivity index (χ4n) is 0.312. The van der Waals surface area contributed by atoms with E-state index in [1.165, 1.54) is 0 Å². The minimum atomic E-state index is -4.36. The van der Waals surface area contributed by atoms with Gasteiger partial charge < -0.3 is 10.8 Å². The highest BCUT2D eigenvalue weighted by atomic mass is 19.4. The second kappa shape index (κ2) is 3.03. The molecule has 1 atom stereocenters. The van der Waals surface area contributed by atoms with Gasteiger partial charge in [0.15, 0.2) is 0 Å². The van der Waals surface area contributed by atoms with E-state index in [0.29, 0.717) is 0 Å². The van der Waals surface area contributed by atoms with Crippen molar-refractivity contribution in [2.45, 2.75) is 6.18 Å². The van der Waals surface area contributed by atoms with Gasteiger partial charge in [-0.3, -0.25) is 0 Å². The van der Waals surface area contributed by atoms with Crippen molar-refractivity contribution in [3.8, 4) is 0 Å². The Hall–Kier alpha value is -0.290. The van der Waals surface area contributed by atoms with E-state index >= 15 is 0 Å². The lowest BCUT2D eigenvalue weighted by atomic mass is 10.1. The second-order valence-corrected chi connectivity index (χ2v) is 1.66. The quantitative estimate of drug-likeness (QED) is 0.576. The average molecular weight is 143 g/mol. The Bertz CT molecular complexity index is 78.4. The molecule has 1 unspecified atom stereocenters. The monoisotopic (exact) mass is 143 g/mol. The van der Waals surface area contributed by atoms with E-state index in [9.17, 15) is 13.2 Å². The van der Waals surface area contributed by atoms with Crippen LogP contribution in [0.1, 0.15) is 0 Å². The molecule has 0 saturated carbocycles. The van der Waals surface area contributed by atoms with E-state index in [-0.39, 0.29) is 0 Å². The van der Waals surface area contributed by atoms with E-state index in [4.69, 9.17) is 5.11 Å². The van der Waals surface area contributed by atoms with Gasteiger partial charge in [0, 0.05) is 6.54 Å². The van der Waals surface area contributed by atoms with Crippen molar-refractivity contribution in [2.75, 3.05) is 13.2 Å². The van der Waals surface area contributed by atoms with Gasteiger partial charge in [0.05, 0.1) is 12.5 Å². The Labute approximate surface area is 50.5 Å². The summed E-state index contributed by atoms with van der Waals surface area (Å²) in [4.78, 5) is 0. The molecule has 0 aliphatic carbocycles. The Balaban J connectivity index is 3.79. The topological polar surface area (TPSA) is 46.2 Å². The second-order valence-electron chi connectivity index (χ2n) is 1.66. The summed E-state index contributed by atoms with van der Waals surface area (Å²) >= 11 is 0. The molecule has 3 N–H and O–H groups in total. The maximum Gasteiger partial charge on any atom is 0.395 e. The number of hydrogen-bond donors (Lipinski definition) is 2. The SMILES string of the molecule is NCC(CO)C(F)(F)F. The Morgan fingerprint density at radius 2 is 1.89 bits per heavy atom. The summed E-state index contributed by atoms with van der Waals surface area (Å²) in [5.74, 6) is -1.77. The molecule has 0 aliphatic rings. The highest BCUT2D eigenvalue weighted by Crippen LogP contribution is 2.24. The van der Waals surface area contributed by atoms with E-state index in [0.717, 1.165) is 0 Å². The van der Waals surface area contributed by atoms with Crippen LogP contribution in [0, 0.1) is 5.92 Å². The molecule has 0 amide bonds. The summed E-state index contributed by atoms with van der Waals surface area (Å²) in [6, 6.07) is 0. The predicted octanol–water partition coefficient (Wildman–Crippen LogP) is 0.116. The van der Waals surface area contributed by atoms with Crippen LogP contribution < -0.4 is 5.73 Å². The molecule has 0 bridgehead atoms. The first kappa shape index (κ1) is 8.71. The van der Waals surface area contributed by atoms with Crippen molar-refractivity contribution in [2.24, 2.45) is 11.7 Å². The van der Waals surface area contributed by atoms with Crippen LogP contribution in [-0.2, 0) is 0 Å². The number of hydrogen-bond acceptors (Lipinski definition) is 2. The lowest BCUT2D eigenvalue weighted by Crippen LogP contribution is -2.32. The molecule has 0 radical (unpaired) electrons. The van der Waals surface area contributed by atoms with Gasteiger partial charge in [-0.1, -0.05) is 0 Å². The molecular weight excluding hydrogens is 135 g/mol. The zero-order valence-electron chi connectivity index (χ0n) is 4.65. The molecule has 5 heteroatoms. The van der Waals surface area contributed by atoms with Crippen LogP contribution in [0.15, 0.2) is 0 Å². The van der Waals surface area contributed by atoms with Crippen LogP contribution in [0.5, 0.6) is 0 Å². The lowest BCUT2D eigenvalue weighted by molar-refractivity contribution is -0.180. The summed E-state index contributed by atoms with van der Waals surface area (Å²) in [6.45, 7) is -1.49. The van der Waals surface area contributed by atoms with Crippen LogP contribution in [0.4, 0.5) is 13.2 Å². The molecule has 0 fully saturated rings. The van der Waals surface area contributed by atoms with Gasteiger partial charge >= 0.3 is 6.18 Å². The fraction of sp³-hybridized carbons (Fsp3) is 1.00. The number of nitrogens with two attached hydrogens (primary N) is 1. The highest BCUT2D eigenvalue weighted by molar-refractivity contribution is 4.65. The van der Waals surface area contributed by atoms with Gasteiger partial charge in [0.1, 0.15) is 0 Å². The lowest BCUT2D eigenvalue weighted by Gasteiger charge is -2.14. The Morgan fingerprint density at radius 1 is 1.44 bits per heavy atom. The Kier molecular flexibility index (Phi) is 2.93. The third-order valence-electron chi connectivity index (χ3n) is 0.968. The third-order valence-corrected chi connectivity index (χ3v) is 0.968. The fourth-order valence-corrected chi connectivity index (χ4v) is 0.312. The summed E-state index contributed by atoms with van der Waals surface area (Å²) in [5.41, 5.74) is 4.69. The van der Waals surface area contributed by atoms with Gasteiger partial charge in [0.2, 0.25) is 0 Å². The van der Waals surface area contributed by atoms with Gasteiger partial charge in [-0.05, 0) is 0 Å². The van der Waals surface area contributed by atoms with Gasteiger partial charge in [-0.2, -0.15) is 13.2 Å². The standard InChI is InChI=1S/C4H8F3NO/c5-4(6,7)3(1-8)2-9/h3,9H,1-2,8H2. The van der Waals surface area contributed by atoms with Gasteiger partial charge in [0.25, 0.3) is 0 Å². The number of halogens is 3. The van der Waals surface area contributed by atoms with E-state index in [1.807, 2.05) is 0 Å². The molecule has 0 spiro atoms. The van der Waals surface area contributed by atoms with Crippen LogP contribution in [0.2, 0.25) is 0 Å². The average Bonchev–Trinajstić information content (AvgIpc) is 1.65. The summed E-state index contributed by atoms with van der Waals surface area (Å²) in [6.07, 6.45) is -4.36. The van der Waals surface area contributed by atoms with Crippen molar-refractivity contribution < 1.29 is 18.3 Å². The van der Waals surface area contributed by atoms with Crippen LogP contribution in [-0.4, -0.2) is 24.4 Å².